The molecule has 0 spiro atoms. The molecule has 1 aromatic carbocycles. The first-order valence-electron chi connectivity index (χ1n) is 6.01. The van der Waals surface area contributed by atoms with E-state index in [1.54, 1.807) is 40.7 Å². The minimum atomic E-state index is 0.0867. The number of nitrogens with two attached hydrogens (primary N) is 1. The lowest BCUT2D eigenvalue weighted by molar-refractivity contribution is 0.318. The zero-order valence-corrected chi connectivity index (χ0v) is 11.9. The fourth-order valence-electron chi connectivity index (χ4n) is 1.57. The molecule has 0 unspecified atom stereocenters. The SMILES string of the molecule is Cn1cc(SCCOc2ccc(C(N)=NO)cc2)cn1. The summed E-state index contributed by atoms with van der Waals surface area (Å²) in [4.78, 5) is 1.12. The van der Waals surface area contributed by atoms with Gasteiger partial charge in [-0.1, -0.05) is 5.16 Å². The molecule has 0 aliphatic rings. The minimum Gasteiger partial charge on any atom is -0.493 e. The molecular formula is C13H16N4O2S. The van der Waals surface area contributed by atoms with Crippen LogP contribution in [0.25, 0.3) is 0 Å². The molecule has 0 bridgehead atoms. The Morgan fingerprint density at radius 2 is 2.20 bits per heavy atom. The number of amidine groups is 1. The highest BCUT2D eigenvalue weighted by molar-refractivity contribution is 7.99. The Morgan fingerprint density at radius 1 is 1.45 bits per heavy atom. The molecule has 0 aliphatic carbocycles. The second kappa shape index (κ2) is 6.85. The summed E-state index contributed by atoms with van der Waals surface area (Å²) in [7, 11) is 1.89. The Kier molecular flexibility index (Phi) is 4.89. The van der Waals surface area contributed by atoms with E-state index in [0.717, 1.165) is 16.4 Å². The summed E-state index contributed by atoms with van der Waals surface area (Å²) in [6, 6.07) is 7.08. The zero-order chi connectivity index (χ0) is 14.4. The number of ether oxygens (including phenoxy) is 1. The number of aromatic nitrogens is 2. The van der Waals surface area contributed by atoms with E-state index in [0.29, 0.717) is 12.2 Å². The molecule has 3 N–H and O–H groups in total. The van der Waals surface area contributed by atoms with Crippen LogP contribution in [-0.2, 0) is 7.05 Å². The van der Waals surface area contributed by atoms with Gasteiger partial charge in [-0.2, -0.15) is 5.10 Å². The third kappa shape index (κ3) is 3.92. The molecule has 1 heterocycles. The van der Waals surface area contributed by atoms with Gasteiger partial charge in [-0.15, -0.1) is 11.8 Å². The quantitative estimate of drug-likeness (QED) is 0.211. The predicted octanol–water partition coefficient (Wildman–Crippen LogP) is 1.69. The molecule has 0 saturated heterocycles. The highest BCUT2D eigenvalue weighted by atomic mass is 32.2. The van der Waals surface area contributed by atoms with Crippen molar-refractivity contribution >= 4 is 17.6 Å². The summed E-state index contributed by atoms with van der Waals surface area (Å²) in [5.74, 6) is 1.68. The van der Waals surface area contributed by atoms with E-state index in [1.165, 1.54) is 0 Å². The lowest BCUT2D eigenvalue weighted by Crippen LogP contribution is -2.12. The molecule has 7 heteroatoms. The molecule has 0 atom stereocenters. The van der Waals surface area contributed by atoms with Crippen LogP contribution < -0.4 is 10.5 Å². The maximum Gasteiger partial charge on any atom is 0.170 e. The minimum absolute atomic E-state index is 0.0867. The van der Waals surface area contributed by atoms with Crippen LogP contribution in [0.4, 0.5) is 0 Å². The first kappa shape index (κ1) is 14.3. The summed E-state index contributed by atoms with van der Waals surface area (Å²) in [6.07, 6.45) is 3.80. The van der Waals surface area contributed by atoms with Crippen molar-refractivity contribution in [2.45, 2.75) is 4.90 Å². The van der Waals surface area contributed by atoms with Crippen LogP contribution in [0.2, 0.25) is 0 Å². The van der Waals surface area contributed by atoms with Gasteiger partial charge in [-0.05, 0) is 24.3 Å². The lowest BCUT2D eigenvalue weighted by atomic mass is 10.2. The van der Waals surface area contributed by atoms with Gasteiger partial charge in [0.15, 0.2) is 5.84 Å². The van der Waals surface area contributed by atoms with Crippen molar-refractivity contribution in [1.82, 2.24) is 9.78 Å². The normalized spacial score (nSPS) is 11.6. The zero-order valence-electron chi connectivity index (χ0n) is 11.1. The maximum absolute atomic E-state index is 8.56. The molecule has 2 rings (SSSR count). The average molecular weight is 292 g/mol. The number of benzene rings is 1. The number of oxime groups is 1. The first-order valence-corrected chi connectivity index (χ1v) is 7.00. The highest BCUT2D eigenvalue weighted by Crippen LogP contribution is 2.17. The van der Waals surface area contributed by atoms with Crippen LogP contribution in [0.15, 0.2) is 46.7 Å². The van der Waals surface area contributed by atoms with Crippen molar-refractivity contribution in [3.8, 4) is 5.75 Å². The van der Waals surface area contributed by atoms with Crippen molar-refractivity contribution in [1.29, 1.82) is 0 Å². The van der Waals surface area contributed by atoms with E-state index in [1.807, 2.05) is 19.4 Å². The predicted molar refractivity (Wildman–Crippen MR) is 78.4 cm³/mol. The van der Waals surface area contributed by atoms with Crippen molar-refractivity contribution in [3.63, 3.8) is 0 Å². The second-order valence-electron chi connectivity index (χ2n) is 4.06. The van der Waals surface area contributed by atoms with Gasteiger partial charge in [0.25, 0.3) is 0 Å². The number of hydrogen-bond acceptors (Lipinski definition) is 5. The third-order valence-corrected chi connectivity index (χ3v) is 3.47. The first-order chi connectivity index (χ1) is 9.69. The number of rotatable bonds is 6. The fraction of sp³-hybridized carbons (Fsp3) is 0.231. The molecule has 0 saturated carbocycles. The largest absolute Gasteiger partial charge is 0.493 e. The van der Waals surface area contributed by atoms with E-state index in [4.69, 9.17) is 15.7 Å². The molecule has 1 aromatic heterocycles. The number of hydrogen-bond donors (Lipinski definition) is 2. The monoisotopic (exact) mass is 292 g/mol. The molecule has 6 nitrogen and oxygen atoms in total. The Labute approximate surface area is 121 Å². The van der Waals surface area contributed by atoms with Gasteiger partial charge < -0.3 is 15.7 Å². The summed E-state index contributed by atoms with van der Waals surface area (Å²) < 4.78 is 7.38. The van der Waals surface area contributed by atoms with Crippen LogP contribution in [0.3, 0.4) is 0 Å². The van der Waals surface area contributed by atoms with E-state index < -0.39 is 0 Å². The van der Waals surface area contributed by atoms with Gasteiger partial charge in [-0.25, -0.2) is 0 Å². The van der Waals surface area contributed by atoms with Crippen LogP contribution in [0, 0.1) is 0 Å². The van der Waals surface area contributed by atoms with Crippen molar-refractivity contribution in [2.24, 2.45) is 17.9 Å². The summed E-state index contributed by atoms with van der Waals surface area (Å²) in [6.45, 7) is 0.600. The van der Waals surface area contributed by atoms with Crippen molar-refractivity contribution < 1.29 is 9.94 Å². The van der Waals surface area contributed by atoms with Gasteiger partial charge in [0.2, 0.25) is 0 Å². The number of thioether (sulfide) groups is 1. The summed E-state index contributed by atoms with van der Waals surface area (Å²) in [5, 5.41) is 15.6. The van der Waals surface area contributed by atoms with Crippen LogP contribution in [0.1, 0.15) is 5.56 Å². The van der Waals surface area contributed by atoms with E-state index in [9.17, 15) is 0 Å². The fourth-order valence-corrected chi connectivity index (χ4v) is 2.32. The molecule has 0 fully saturated rings. The number of aryl methyl sites for hydroxylation is 1. The summed E-state index contributed by atoms with van der Waals surface area (Å²) >= 11 is 1.69. The second-order valence-corrected chi connectivity index (χ2v) is 5.22. The Morgan fingerprint density at radius 3 is 2.80 bits per heavy atom. The highest BCUT2D eigenvalue weighted by Gasteiger charge is 2.01. The van der Waals surface area contributed by atoms with Crippen LogP contribution >= 0.6 is 11.8 Å². The Bertz CT molecular complexity index is 580. The molecular weight excluding hydrogens is 276 g/mol. The van der Waals surface area contributed by atoms with E-state index in [2.05, 4.69) is 10.3 Å². The van der Waals surface area contributed by atoms with Gasteiger partial charge in [0.05, 0.1) is 12.8 Å². The topological polar surface area (TPSA) is 85.7 Å². The standard InChI is InChI=1S/C13H16N4O2S/c1-17-9-12(8-15-17)20-7-6-19-11-4-2-10(3-5-11)13(14)16-18/h2-5,8-9,18H,6-7H2,1H3,(H2,14,16). The van der Waals surface area contributed by atoms with Gasteiger partial charge >= 0.3 is 0 Å². The molecule has 20 heavy (non-hydrogen) atoms. The van der Waals surface area contributed by atoms with Gasteiger partial charge in [-0.3, -0.25) is 4.68 Å². The molecule has 106 valence electrons. The Balaban J connectivity index is 1.77. The van der Waals surface area contributed by atoms with Crippen molar-refractivity contribution in [2.75, 3.05) is 12.4 Å². The smallest absolute Gasteiger partial charge is 0.170 e. The maximum atomic E-state index is 8.56. The van der Waals surface area contributed by atoms with Crippen LogP contribution in [0.5, 0.6) is 5.75 Å². The molecule has 0 amide bonds. The third-order valence-electron chi connectivity index (χ3n) is 2.56. The van der Waals surface area contributed by atoms with Crippen molar-refractivity contribution in [3.05, 3.63) is 42.2 Å². The van der Waals surface area contributed by atoms with E-state index in [-0.39, 0.29) is 5.84 Å². The average Bonchev–Trinajstić information content (AvgIpc) is 2.89. The molecule has 2 aromatic rings. The summed E-state index contributed by atoms with van der Waals surface area (Å²) in [5.41, 5.74) is 6.14. The molecule has 0 aliphatic heterocycles. The number of nitrogens with zero attached hydrogens (tertiary/aromatic N) is 3. The van der Waals surface area contributed by atoms with Crippen LogP contribution in [-0.4, -0.2) is 33.2 Å². The Hall–Kier alpha value is -2.15. The van der Waals surface area contributed by atoms with Gasteiger partial charge in [0, 0.05) is 29.5 Å². The lowest BCUT2D eigenvalue weighted by Gasteiger charge is -2.06. The van der Waals surface area contributed by atoms with E-state index >= 15 is 0 Å². The molecule has 0 radical (unpaired) electrons. The van der Waals surface area contributed by atoms with Gasteiger partial charge in [0.1, 0.15) is 5.75 Å².